The summed E-state index contributed by atoms with van der Waals surface area (Å²) in [4.78, 5) is 4.36. The molecule has 0 aliphatic carbocycles. The summed E-state index contributed by atoms with van der Waals surface area (Å²) in [6.07, 6.45) is 0.187. The fourth-order valence-corrected chi connectivity index (χ4v) is 1.54. The normalized spacial score (nSPS) is 10.9. The Hall–Kier alpha value is -1.77. The third kappa shape index (κ3) is 2.67. The van der Waals surface area contributed by atoms with Crippen LogP contribution in [-0.2, 0) is 0 Å². The van der Waals surface area contributed by atoms with Crippen molar-refractivity contribution in [1.29, 1.82) is 0 Å². The maximum absolute atomic E-state index is 5.58. The first-order valence-electron chi connectivity index (χ1n) is 5.77. The van der Waals surface area contributed by atoms with E-state index >= 15 is 0 Å². The quantitative estimate of drug-likeness (QED) is 0.807. The summed E-state index contributed by atoms with van der Waals surface area (Å²) in [5.74, 6) is 2.39. The number of benzene rings is 1. The van der Waals surface area contributed by atoms with E-state index < -0.39 is 0 Å². The number of ether oxygens (including phenoxy) is 1. The molecule has 17 heavy (non-hydrogen) atoms. The number of hydrogen-bond donors (Lipinski definition) is 0. The minimum Gasteiger partial charge on any atom is -0.491 e. The van der Waals surface area contributed by atoms with Crippen molar-refractivity contribution in [3.8, 4) is 17.2 Å². The lowest BCUT2D eigenvalue weighted by molar-refractivity contribution is 0.242. The van der Waals surface area contributed by atoms with Crippen LogP contribution >= 0.6 is 0 Å². The molecule has 0 amide bonds. The SMILES string of the molecule is Cc1nc(-c2ccc(OC(C)C)cc2)oc1C. The summed E-state index contributed by atoms with van der Waals surface area (Å²) in [5.41, 5.74) is 1.90. The molecule has 0 saturated carbocycles. The third-order valence-corrected chi connectivity index (χ3v) is 2.50. The predicted octanol–water partition coefficient (Wildman–Crippen LogP) is 3.75. The summed E-state index contributed by atoms with van der Waals surface area (Å²) in [7, 11) is 0. The Kier molecular flexibility index (Phi) is 3.18. The molecule has 0 spiro atoms. The molecule has 2 aromatic rings. The van der Waals surface area contributed by atoms with Crippen molar-refractivity contribution < 1.29 is 9.15 Å². The van der Waals surface area contributed by atoms with E-state index in [1.165, 1.54) is 0 Å². The smallest absolute Gasteiger partial charge is 0.226 e. The largest absolute Gasteiger partial charge is 0.491 e. The molecular weight excluding hydrogens is 214 g/mol. The van der Waals surface area contributed by atoms with Crippen molar-refractivity contribution in [3.05, 3.63) is 35.7 Å². The van der Waals surface area contributed by atoms with Crippen molar-refractivity contribution in [1.82, 2.24) is 4.98 Å². The van der Waals surface area contributed by atoms with E-state index in [2.05, 4.69) is 4.98 Å². The van der Waals surface area contributed by atoms with Gasteiger partial charge in [-0.3, -0.25) is 0 Å². The number of rotatable bonds is 3. The average molecular weight is 231 g/mol. The number of aromatic nitrogens is 1. The van der Waals surface area contributed by atoms with Crippen molar-refractivity contribution in [2.75, 3.05) is 0 Å². The molecule has 0 unspecified atom stereocenters. The standard InChI is InChI=1S/C14H17NO2/c1-9(2)16-13-7-5-12(6-8-13)14-15-10(3)11(4)17-14/h5-9H,1-4H3. The fraction of sp³-hybridized carbons (Fsp3) is 0.357. The number of oxazole rings is 1. The maximum atomic E-state index is 5.58. The first-order chi connectivity index (χ1) is 8.06. The van der Waals surface area contributed by atoms with Crippen LogP contribution in [0.25, 0.3) is 11.5 Å². The Bertz CT molecular complexity index is 478. The summed E-state index contributed by atoms with van der Waals surface area (Å²) in [6, 6.07) is 7.79. The second-order valence-electron chi connectivity index (χ2n) is 4.35. The molecule has 2 rings (SSSR count). The average Bonchev–Trinajstić information content (AvgIpc) is 2.59. The minimum atomic E-state index is 0.187. The second-order valence-corrected chi connectivity index (χ2v) is 4.35. The lowest BCUT2D eigenvalue weighted by Crippen LogP contribution is -2.05. The van der Waals surface area contributed by atoms with E-state index in [1.54, 1.807) is 0 Å². The molecule has 3 heteroatoms. The van der Waals surface area contributed by atoms with E-state index in [0.29, 0.717) is 5.89 Å². The van der Waals surface area contributed by atoms with Crippen molar-refractivity contribution in [2.45, 2.75) is 33.8 Å². The first kappa shape index (κ1) is 11.7. The van der Waals surface area contributed by atoms with Crippen molar-refractivity contribution >= 4 is 0 Å². The van der Waals surface area contributed by atoms with E-state index in [1.807, 2.05) is 52.0 Å². The van der Waals surface area contributed by atoms with Crippen LogP contribution < -0.4 is 4.74 Å². The van der Waals surface area contributed by atoms with Crippen LogP contribution in [0.3, 0.4) is 0 Å². The fourth-order valence-electron chi connectivity index (χ4n) is 1.54. The molecule has 0 radical (unpaired) electrons. The van der Waals surface area contributed by atoms with Gasteiger partial charge >= 0.3 is 0 Å². The van der Waals surface area contributed by atoms with Gasteiger partial charge in [0.25, 0.3) is 0 Å². The molecular formula is C14H17NO2. The van der Waals surface area contributed by atoms with Crippen molar-refractivity contribution in [3.63, 3.8) is 0 Å². The topological polar surface area (TPSA) is 35.3 Å². The maximum Gasteiger partial charge on any atom is 0.226 e. The van der Waals surface area contributed by atoms with Gasteiger partial charge in [-0.15, -0.1) is 0 Å². The Morgan fingerprint density at radius 1 is 1.12 bits per heavy atom. The highest BCUT2D eigenvalue weighted by Gasteiger charge is 2.08. The third-order valence-electron chi connectivity index (χ3n) is 2.50. The summed E-state index contributed by atoms with van der Waals surface area (Å²) in [5, 5.41) is 0. The summed E-state index contributed by atoms with van der Waals surface area (Å²) < 4.78 is 11.2. The molecule has 0 atom stereocenters. The van der Waals surface area contributed by atoms with E-state index in [9.17, 15) is 0 Å². The zero-order valence-corrected chi connectivity index (χ0v) is 10.7. The highest BCUT2D eigenvalue weighted by molar-refractivity contribution is 5.55. The van der Waals surface area contributed by atoms with Crippen LogP contribution in [0.1, 0.15) is 25.3 Å². The van der Waals surface area contributed by atoms with Crippen LogP contribution in [0.15, 0.2) is 28.7 Å². The Morgan fingerprint density at radius 3 is 2.24 bits per heavy atom. The molecule has 90 valence electrons. The van der Waals surface area contributed by atoms with E-state index in [4.69, 9.17) is 9.15 Å². The Balaban J connectivity index is 2.23. The van der Waals surface area contributed by atoms with Crippen LogP contribution in [-0.4, -0.2) is 11.1 Å². The zero-order chi connectivity index (χ0) is 12.4. The van der Waals surface area contributed by atoms with Gasteiger partial charge in [-0.25, -0.2) is 4.98 Å². The number of hydrogen-bond acceptors (Lipinski definition) is 3. The van der Waals surface area contributed by atoms with Crippen LogP contribution in [0, 0.1) is 13.8 Å². The van der Waals surface area contributed by atoms with Gasteiger partial charge in [0.15, 0.2) is 0 Å². The predicted molar refractivity (Wildman–Crippen MR) is 67.2 cm³/mol. The van der Waals surface area contributed by atoms with Crippen LogP contribution in [0.5, 0.6) is 5.75 Å². The summed E-state index contributed by atoms with van der Waals surface area (Å²) in [6.45, 7) is 7.88. The zero-order valence-electron chi connectivity index (χ0n) is 10.7. The van der Waals surface area contributed by atoms with Crippen molar-refractivity contribution in [2.24, 2.45) is 0 Å². The molecule has 0 aliphatic rings. The van der Waals surface area contributed by atoms with Gasteiger partial charge in [0, 0.05) is 5.56 Å². The first-order valence-corrected chi connectivity index (χ1v) is 5.77. The van der Waals surface area contributed by atoms with Gasteiger partial charge in [0.2, 0.25) is 5.89 Å². The van der Waals surface area contributed by atoms with Gasteiger partial charge in [-0.2, -0.15) is 0 Å². The minimum absolute atomic E-state index is 0.187. The molecule has 0 N–H and O–H groups in total. The van der Waals surface area contributed by atoms with Gasteiger partial charge in [0.05, 0.1) is 11.8 Å². The molecule has 3 nitrogen and oxygen atoms in total. The lowest BCUT2D eigenvalue weighted by atomic mass is 10.2. The lowest BCUT2D eigenvalue weighted by Gasteiger charge is -2.09. The molecule has 0 fully saturated rings. The highest BCUT2D eigenvalue weighted by Crippen LogP contribution is 2.24. The van der Waals surface area contributed by atoms with Crippen LogP contribution in [0.4, 0.5) is 0 Å². The summed E-state index contributed by atoms with van der Waals surface area (Å²) >= 11 is 0. The van der Waals surface area contributed by atoms with Gasteiger partial charge in [-0.05, 0) is 52.0 Å². The van der Waals surface area contributed by atoms with Crippen LogP contribution in [0.2, 0.25) is 0 Å². The van der Waals surface area contributed by atoms with Gasteiger partial charge in [-0.1, -0.05) is 0 Å². The number of aryl methyl sites for hydroxylation is 2. The van der Waals surface area contributed by atoms with E-state index in [-0.39, 0.29) is 6.10 Å². The molecule has 0 saturated heterocycles. The number of nitrogens with zero attached hydrogens (tertiary/aromatic N) is 1. The Morgan fingerprint density at radius 2 is 1.76 bits per heavy atom. The van der Waals surface area contributed by atoms with E-state index in [0.717, 1.165) is 22.8 Å². The molecule has 1 aromatic carbocycles. The van der Waals surface area contributed by atoms with Gasteiger partial charge < -0.3 is 9.15 Å². The molecule has 1 heterocycles. The molecule has 0 bridgehead atoms. The molecule has 0 aliphatic heterocycles. The highest BCUT2D eigenvalue weighted by atomic mass is 16.5. The Labute approximate surface area is 101 Å². The monoisotopic (exact) mass is 231 g/mol. The van der Waals surface area contributed by atoms with Gasteiger partial charge in [0.1, 0.15) is 11.5 Å². The second kappa shape index (κ2) is 4.62. The molecule has 1 aromatic heterocycles.